The Morgan fingerprint density at radius 3 is 2.35 bits per heavy atom. The lowest BCUT2D eigenvalue weighted by Crippen LogP contribution is -2.41. The van der Waals surface area contributed by atoms with Gasteiger partial charge in [0.05, 0.1) is 11.4 Å². The van der Waals surface area contributed by atoms with Gasteiger partial charge in [-0.2, -0.15) is 0 Å². The molecule has 9 heteroatoms. The Labute approximate surface area is 180 Å². The first kappa shape index (κ1) is 20.6. The molecule has 4 rings (SSSR count). The largest absolute Gasteiger partial charge is 0.355 e. The van der Waals surface area contributed by atoms with E-state index in [0.29, 0.717) is 10.7 Å². The molecule has 1 N–H and O–H groups in total. The molecular weight excluding hydrogens is 423 g/mol. The smallest absolute Gasteiger partial charge is 0.337 e. The molecule has 0 aliphatic carbocycles. The van der Waals surface area contributed by atoms with Crippen LogP contribution in [0.15, 0.2) is 69.0 Å². The van der Waals surface area contributed by atoms with Crippen LogP contribution in [0.5, 0.6) is 0 Å². The Morgan fingerprint density at radius 1 is 1.03 bits per heavy atom. The van der Waals surface area contributed by atoms with Gasteiger partial charge in [-0.25, -0.2) is 13.8 Å². The van der Waals surface area contributed by atoms with Gasteiger partial charge >= 0.3 is 5.69 Å². The number of nitrogens with zero attached hydrogens (tertiary/aromatic N) is 3. The number of rotatable bonds is 4. The summed E-state index contributed by atoms with van der Waals surface area (Å²) < 4.78 is 17.9. The molecule has 2 aromatic carbocycles. The fourth-order valence-corrected chi connectivity index (χ4v) is 3.63. The van der Waals surface area contributed by atoms with Gasteiger partial charge in [0.15, 0.2) is 0 Å². The summed E-state index contributed by atoms with van der Waals surface area (Å²) in [7, 11) is 1.43. The van der Waals surface area contributed by atoms with E-state index in [4.69, 9.17) is 11.6 Å². The van der Waals surface area contributed by atoms with E-state index in [2.05, 4.69) is 5.32 Å². The summed E-state index contributed by atoms with van der Waals surface area (Å²) in [5.41, 5.74) is -1.05. The van der Waals surface area contributed by atoms with Gasteiger partial charge in [-0.05, 0) is 43.3 Å². The van der Waals surface area contributed by atoms with Crippen LogP contribution in [-0.4, -0.2) is 13.7 Å². The number of aryl methyl sites for hydroxylation is 1. The molecule has 0 amide bonds. The van der Waals surface area contributed by atoms with Gasteiger partial charge in [0.2, 0.25) is 0 Å². The van der Waals surface area contributed by atoms with Crippen LogP contribution in [0.4, 0.5) is 15.8 Å². The zero-order valence-corrected chi connectivity index (χ0v) is 17.5. The van der Waals surface area contributed by atoms with Crippen LogP contribution in [0.3, 0.4) is 0 Å². The Bertz CT molecular complexity index is 1490. The molecule has 2 heterocycles. The van der Waals surface area contributed by atoms with Gasteiger partial charge in [-0.1, -0.05) is 23.7 Å². The molecule has 2 aromatic heterocycles. The second kappa shape index (κ2) is 7.88. The van der Waals surface area contributed by atoms with Gasteiger partial charge in [0, 0.05) is 30.4 Å². The number of hydrogen-bond acceptors (Lipinski definition) is 4. The number of fused-ring (bicyclic) bond motifs is 1. The number of hydrogen-bond donors (Lipinski definition) is 1. The molecule has 4 aromatic rings. The quantitative estimate of drug-likeness (QED) is 0.527. The minimum Gasteiger partial charge on any atom is -0.355 e. The highest BCUT2D eigenvalue weighted by atomic mass is 35.5. The van der Waals surface area contributed by atoms with Crippen molar-refractivity contribution in [1.82, 2.24) is 13.7 Å². The van der Waals surface area contributed by atoms with Crippen LogP contribution in [0.1, 0.15) is 6.92 Å². The molecule has 0 saturated carbocycles. The Balaban J connectivity index is 2.17. The molecule has 31 heavy (non-hydrogen) atoms. The number of aromatic nitrogens is 3. The summed E-state index contributed by atoms with van der Waals surface area (Å²) >= 11 is 5.93. The van der Waals surface area contributed by atoms with Crippen LogP contribution in [0, 0.1) is 5.82 Å². The third kappa shape index (κ3) is 3.44. The SMILES string of the molecule is CCn1c(=O)c2c(Nc3ccc(Cl)cc3)cc(=O)n(C)c2n(-c2ccccc2F)c1=O. The van der Waals surface area contributed by atoms with Crippen molar-refractivity contribution >= 4 is 34.0 Å². The van der Waals surface area contributed by atoms with E-state index >= 15 is 0 Å². The Morgan fingerprint density at radius 2 is 1.71 bits per heavy atom. The van der Waals surface area contributed by atoms with Crippen LogP contribution in [-0.2, 0) is 13.6 Å². The maximum absolute atomic E-state index is 14.7. The van der Waals surface area contributed by atoms with Crippen LogP contribution >= 0.6 is 11.6 Å². The molecular formula is C22H18ClFN4O3. The normalized spacial score (nSPS) is 11.1. The number of benzene rings is 2. The molecule has 0 unspecified atom stereocenters. The summed E-state index contributed by atoms with van der Waals surface area (Å²) in [4.78, 5) is 39.2. The number of pyridine rings is 1. The lowest BCUT2D eigenvalue weighted by atomic mass is 10.2. The topological polar surface area (TPSA) is 78.0 Å². The number of nitrogens with one attached hydrogen (secondary N) is 1. The average molecular weight is 441 g/mol. The molecule has 0 fully saturated rings. The first-order valence-corrected chi connectivity index (χ1v) is 9.88. The zero-order valence-electron chi connectivity index (χ0n) is 16.7. The summed E-state index contributed by atoms with van der Waals surface area (Å²) in [5, 5.41) is 3.67. The number of para-hydroxylation sites is 1. The summed E-state index contributed by atoms with van der Waals surface area (Å²) in [6.45, 7) is 1.72. The van der Waals surface area contributed by atoms with Gasteiger partial charge < -0.3 is 5.32 Å². The molecule has 0 radical (unpaired) electrons. The van der Waals surface area contributed by atoms with E-state index < -0.39 is 22.6 Å². The second-order valence-corrected chi connectivity index (χ2v) is 7.34. The highest BCUT2D eigenvalue weighted by molar-refractivity contribution is 6.30. The predicted octanol–water partition coefficient (Wildman–Crippen LogP) is 3.41. The van der Waals surface area contributed by atoms with Crippen LogP contribution in [0.25, 0.3) is 16.7 Å². The molecule has 0 aliphatic heterocycles. The molecule has 158 valence electrons. The highest BCUT2D eigenvalue weighted by Gasteiger charge is 2.21. The maximum atomic E-state index is 14.7. The molecule has 0 bridgehead atoms. The minimum absolute atomic E-state index is 0.00577. The number of halogens is 2. The van der Waals surface area contributed by atoms with Gasteiger partial charge in [0.25, 0.3) is 11.1 Å². The maximum Gasteiger partial charge on any atom is 0.337 e. The molecule has 7 nitrogen and oxygen atoms in total. The summed E-state index contributed by atoms with van der Waals surface area (Å²) in [6.07, 6.45) is 0. The fourth-order valence-electron chi connectivity index (χ4n) is 3.51. The Kier molecular flexibility index (Phi) is 5.24. The standard InChI is InChI=1S/C22H18ClFN4O3/c1-3-27-21(30)19-16(25-14-10-8-13(23)9-11-14)12-18(29)26(2)20(19)28(22(27)31)17-7-5-4-6-15(17)24/h4-12,25H,3H2,1-2H3. The van der Waals surface area contributed by atoms with Gasteiger partial charge in [-0.3, -0.25) is 18.7 Å². The van der Waals surface area contributed by atoms with Crippen molar-refractivity contribution in [3.8, 4) is 5.69 Å². The molecule has 0 atom stereocenters. The van der Waals surface area contributed by atoms with Gasteiger partial charge in [0.1, 0.15) is 16.9 Å². The van der Waals surface area contributed by atoms with Crippen LogP contribution < -0.4 is 22.1 Å². The fraction of sp³-hybridized carbons (Fsp3) is 0.136. The van der Waals surface area contributed by atoms with E-state index in [1.165, 1.54) is 31.3 Å². The zero-order chi connectivity index (χ0) is 22.3. The van der Waals surface area contributed by atoms with Crippen molar-refractivity contribution in [2.24, 2.45) is 7.05 Å². The monoisotopic (exact) mass is 440 g/mol. The third-order valence-electron chi connectivity index (χ3n) is 5.03. The molecule has 0 spiro atoms. The summed E-state index contributed by atoms with van der Waals surface area (Å²) in [5.74, 6) is -0.657. The van der Waals surface area contributed by atoms with E-state index in [0.717, 1.165) is 13.7 Å². The lowest BCUT2D eigenvalue weighted by molar-refractivity contribution is 0.601. The van der Waals surface area contributed by atoms with Crippen molar-refractivity contribution in [2.45, 2.75) is 13.5 Å². The number of anilines is 2. The van der Waals surface area contributed by atoms with E-state index in [9.17, 15) is 18.8 Å². The highest BCUT2D eigenvalue weighted by Crippen LogP contribution is 2.24. The molecule has 0 saturated heterocycles. The lowest BCUT2D eigenvalue weighted by Gasteiger charge is -2.18. The average Bonchev–Trinajstić information content (AvgIpc) is 2.74. The van der Waals surface area contributed by atoms with E-state index in [1.54, 1.807) is 37.3 Å². The Hall–Kier alpha value is -3.65. The third-order valence-corrected chi connectivity index (χ3v) is 5.29. The second-order valence-electron chi connectivity index (χ2n) is 6.90. The van der Waals surface area contributed by atoms with Gasteiger partial charge in [-0.15, -0.1) is 0 Å². The molecule has 0 aliphatic rings. The summed E-state index contributed by atoms with van der Waals surface area (Å²) in [6, 6.07) is 13.7. The first-order chi connectivity index (χ1) is 14.8. The van der Waals surface area contributed by atoms with Crippen molar-refractivity contribution in [2.75, 3.05) is 5.32 Å². The van der Waals surface area contributed by atoms with Crippen molar-refractivity contribution in [3.05, 3.63) is 96.6 Å². The van der Waals surface area contributed by atoms with Crippen molar-refractivity contribution in [3.63, 3.8) is 0 Å². The van der Waals surface area contributed by atoms with Crippen LogP contribution in [0.2, 0.25) is 5.02 Å². The van der Waals surface area contributed by atoms with Crippen molar-refractivity contribution < 1.29 is 4.39 Å². The van der Waals surface area contributed by atoms with E-state index in [-0.39, 0.29) is 29.0 Å². The van der Waals surface area contributed by atoms with E-state index in [1.807, 2.05) is 0 Å². The van der Waals surface area contributed by atoms with Crippen molar-refractivity contribution in [1.29, 1.82) is 0 Å². The first-order valence-electron chi connectivity index (χ1n) is 9.50. The minimum atomic E-state index is -0.733. The predicted molar refractivity (Wildman–Crippen MR) is 119 cm³/mol.